The van der Waals surface area contributed by atoms with Crippen LogP contribution >= 0.6 is 25.3 Å². The van der Waals surface area contributed by atoms with Crippen molar-refractivity contribution in [1.29, 1.82) is 0 Å². The van der Waals surface area contributed by atoms with E-state index in [0.29, 0.717) is 6.54 Å². The number of ether oxygens (including phenoxy) is 16. The molecule has 83 heteroatoms. The van der Waals surface area contributed by atoms with E-state index in [0.717, 1.165) is 47.7 Å². The molecule has 0 bridgehead atoms. The van der Waals surface area contributed by atoms with E-state index in [1.165, 1.54) is 13.8 Å². The number of nitrogens with two attached hydrogens (primary N) is 1. The fourth-order valence-corrected chi connectivity index (χ4v) is 18.6. The van der Waals surface area contributed by atoms with Gasteiger partial charge in [-0.15, -0.1) is 0 Å². The molecule has 0 saturated carbocycles. The summed E-state index contributed by atoms with van der Waals surface area (Å²) in [6, 6.07) is -7.61. The highest BCUT2D eigenvalue weighted by Gasteiger charge is 2.64. The Bertz CT molecular complexity index is 5400. The Hall–Kier alpha value is -5.58. The first-order valence-electron chi connectivity index (χ1n) is 41.2. The van der Waals surface area contributed by atoms with Crippen molar-refractivity contribution >= 4 is 156 Å². The molecule has 40 unspecified atom stereocenters. The minimum atomic E-state index is -5.84. The Morgan fingerprint density at radius 1 is 0.299 bits per heavy atom. The van der Waals surface area contributed by atoms with E-state index in [2.05, 4.69) is 81.1 Å². The number of aliphatic carboxylic acids is 3. The smallest absolute Gasteiger partial charge is 0.397 e. The Labute approximate surface area is 843 Å². The van der Waals surface area contributed by atoms with E-state index in [1.54, 1.807) is 0 Å². The Kier molecular flexibility index (Phi) is 48.4. The number of rotatable bonds is 45. The van der Waals surface area contributed by atoms with Crippen LogP contribution in [0.2, 0.25) is 0 Å². The molecule has 0 spiro atoms. The highest BCUT2D eigenvalue weighted by atomic mass is 32.3. The summed E-state index contributed by atoms with van der Waals surface area (Å²) in [6.45, 7) is 1.04. The molecule has 0 radical (unpaired) electrons. The second-order valence-corrected chi connectivity index (χ2v) is 41.2. The lowest BCUT2D eigenvalue weighted by atomic mass is 9.92. The summed E-state index contributed by atoms with van der Waals surface area (Å²) in [5.74, 6) is -10.6. The van der Waals surface area contributed by atoms with Gasteiger partial charge in [-0.2, -0.15) is 92.6 Å². The summed E-state index contributed by atoms with van der Waals surface area (Å²) in [4.78, 5) is 101. The van der Waals surface area contributed by atoms with E-state index in [1.807, 2.05) is 0 Å². The van der Waals surface area contributed by atoms with E-state index in [-0.39, 0.29) is 12.3 Å². The van der Waals surface area contributed by atoms with Crippen LogP contribution in [0.1, 0.15) is 41.5 Å². The van der Waals surface area contributed by atoms with Gasteiger partial charge in [0.05, 0.1) is 50.7 Å². The number of carbonyl (C=O) groups is 8. The zero-order valence-corrected chi connectivity index (χ0v) is 84.4. The molecule has 8 aliphatic heterocycles. The Balaban J connectivity index is 0.000000433. The van der Waals surface area contributed by atoms with Crippen LogP contribution in [-0.2, 0) is 231 Å². The summed E-state index contributed by atoms with van der Waals surface area (Å²) in [6.07, 6.45) is -84.6. The average Bonchev–Trinajstić information content (AvgIpc) is 0.757. The predicted octanol–water partition coefficient (Wildman–Crippen LogP) is -16.7. The van der Waals surface area contributed by atoms with Crippen molar-refractivity contribution in [1.82, 2.24) is 26.6 Å². The molecule has 8 heterocycles. The molecule has 0 aromatic rings. The van der Waals surface area contributed by atoms with Gasteiger partial charge < -0.3 is 164 Å². The van der Waals surface area contributed by atoms with Crippen molar-refractivity contribution in [3.05, 3.63) is 0 Å². The summed E-state index contributed by atoms with van der Waals surface area (Å²) in [5, 5.41) is 133. The number of thiol groups is 2. The van der Waals surface area contributed by atoms with Crippen LogP contribution in [0, 0.1) is 0 Å². The summed E-state index contributed by atoms with van der Waals surface area (Å²) < 4.78 is 389. The summed E-state index contributed by atoms with van der Waals surface area (Å²) >= 11 is 7.79. The molecular weight excluding hydrogens is 2250 g/mol. The number of aliphatic hydroxyl groups is 8. The van der Waals surface area contributed by atoms with Gasteiger partial charge in [0.25, 0.3) is 5.91 Å². The number of hydrogen-bond acceptors (Lipinski definition) is 59. The molecule has 40 atom stereocenters. The zero-order chi connectivity index (χ0) is 112. The van der Waals surface area contributed by atoms with Crippen LogP contribution in [0.25, 0.3) is 0 Å². The van der Waals surface area contributed by atoms with E-state index in [4.69, 9.17) is 94.8 Å². The van der Waals surface area contributed by atoms with E-state index >= 15 is 0 Å². The highest BCUT2D eigenvalue weighted by molar-refractivity contribution is 7.82. The molecule has 8 fully saturated rings. The average molecular weight is 2350 g/mol. The topological polar surface area (TPSA) is 1100 Å². The molecule has 8 aliphatic rings. The van der Waals surface area contributed by atoms with Gasteiger partial charge in [0.15, 0.2) is 86.6 Å². The minimum Gasteiger partial charge on any atom is -0.479 e. The Morgan fingerprint density at radius 3 is 0.741 bits per heavy atom. The molecule has 26 N–H and O–H groups in total. The molecule has 0 aliphatic carbocycles. The third-order valence-electron chi connectivity index (χ3n) is 21.1. The van der Waals surface area contributed by atoms with Crippen molar-refractivity contribution < 1.29 is 308 Å². The van der Waals surface area contributed by atoms with Crippen LogP contribution in [0.15, 0.2) is 0 Å². The molecule has 8 saturated heterocycles. The van der Waals surface area contributed by atoms with Crippen molar-refractivity contribution in [2.24, 2.45) is 5.73 Å². The third-order valence-corrected chi connectivity index (χ3v) is 25.2. The van der Waals surface area contributed by atoms with Crippen molar-refractivity contribution in [3.8, 4) is 0 Å². The molecule has 0 aromatic carbocycles. The maximum atomic E-state index is 14.0. The normalized spacial score (nSPS) is 37.4. The van der Waals surface area contributed by atoms with Gasteiger partial charge in [0, 0.05) is 66.5 Å². The number of nitrogens with one attached hydrogen (secondary N) is 5. The molecule has 147 heavy (non-hydrogen) atoms. The van der Waals surface area contributed by atoms with Gasteiger partial charge in [-0.25, -0.2) is 47.8 Å². The third kappa shape index (κ3) is 38.8. The van der Waals surface area contributed by atoms with E-state index < -0.39 is 402 Å². The molecule has 8 rings (SSSR count). The quantitative estimate of drug-likeness (QED) is 0.0199. The highest BCUT2D eigenvalue weighted by Crippen LogP contribution is 2.42. The Morgan fingerprint density at radius 2 is 0.517 bits per heavy atom. The SMILES string of the molecule is COC1C(C(=O)O)OC(OC2C(O)C(COS(=O)(=O)O)OC(OC3C(C(=O)NCCS)OC(OC4C(O)C(COS(=O)(=O)O)OC(C)C4NC(C)=O)C(OS(=O)(=O)O)C3O)C2NC(C)=O)C(OS(=O)(=O)O)C1O.COC1C(C(=O)O)OC(OC2C(O)C(COS(=O)(=O)O)OC(OC3C(C(=O)O)OC(OC4C(O)C(COS(=O)(=O)O)OC(C)C4NC(C)=O)C(OS(=O)(=O)O)C3O)C2NC(C)=O)C(OS(=O)(=O)O)C1O.NCCS. The van der Waals surface area contributed by atoms with Crippen LogP contribution in [0.3, 0.4) is 0 Å². The molecule has 5 amide bonds. The lowest BCUT2D eigenvalue weighted by molar-refractivity contribution is -0.363. The monoisotopic (exact) mass is 2350 g/mol. The standard InChI is InChI=1S/C32H53N3O33S5.C30H48N2O34S4.C2H7NS/c1-9-14(34-10(2)36)20(16(38)12(60-9)7-58-70(45,46)47)62-31-25(68-73(54,55)56)19(41)23(26(65-31)28(42)33-5-6-69)64-30-15(35-11(3)37)21(17(39)13(61-30)8-59-71(48,49)50)63-32-24(67-72(51,52)53)18(40)22(57-4)27(66-32)29(43)44;1-7-12(31-8(2)33)18(14(35)10(58-7)5-56-67(43,44)45)60-30-23(66-70(52,53)54)17(38)21(25(64-30)27(41)42)62-28-13(32-9(3)34)19(15(36)11(59-28)6-57-68(46,47)48)61-29-22(65-69(49,50)51)16(37)20(55-4)24(63-29)26(39)40;3-1-2-4/h9,12-27,30-32,38-41,69H,5-8H2,1-4H3,(H,33,42)(H,34,36)(H,35,37)(H,43,44)(H,45,46,47)(H,48,49,50)(H,51,52,53)(H,54,55,56);7,10-25,28-30,35-38H,5-6H2,1-4H3,(H,31,33)(H,32,34)(H,39,40)(H,41,42)(H,43,44,45)(H,46,47,48)(H,49,50,51)(H,52,53,54);4H,1-3H2. The fourth-order valence-electron chi connectivity index (χ4n) is 15.4. The number of carbonyl (C=O) groups excluding carboxylic acids is 5. The molecule has 0 aromatic heterocycles. The maximum Gasteiger partial charge on any atom is 0.397 e. The predicted molar refractivity (Wildman–Crippen MR) is 458 cm³/mol. The number of aliphatic hydroxyl groups excluding tert-OH is 8. The van der Waals surface area contributed by atoms with Crippen LogP contribution < -0.4 is 32.3 Å². The lowest BCUT2D eigenvalue weighted by Gasteiger charge is -2.50. The second kappa shape index (κ2) is 54.7. The van der Waals surface area contributed by atoms with Crippen LogP contribution in [-0.4, -0.2) is 518 Å². The largest absolute Gasteiger partial charge is 0.479 e. The minimum absolute atomic E-state index is 0.116. The summed E-state index contributed by atoms with van der Waals surface area (Å²) in [7, 11) is -42.6. The van der Waals surface area contributed by atoms with Crippen LogP contribution in [0.5, 0.6) is 0 Å². The molecule has 73 nitrogen and oxygen atoms in total. The first-order chi connectivity index (χ1) is 67.5. The fraction of sp³-hybridized carbons (Fsp3) is 0.875. The number of carboxylic acid groups (broad SMARTS) is 3. The lowest BCUT2D eigenvalue weighted by Crippen LogP contribution is -2.71. The van der Waals surface area contributed by atoms with Crippen molar-refractivity contribution in [2.45, 2.75) is 287 Å². The van der Waals surface area contributed by atoms with Gasteiger partial charge in [0.2, 0.25) is 23.6 Å². The van der Waals surface area contributed by atoms with Crippen LogP contribution in [0.4, 0.5) is 0 Å². The van der Waals surface area contributed by atoms with Crippen molar-refractivity contribution in [3.63, 3.8) is 0 Å². The van der Waals surface area contributed by atoms with Gasteiger partial charge in [-0.05, 0) is 13.8 Å². The first kappa shape index (κ1) is 130. The number of amides is 5. The van der Waals surface area contributed by atoms with Gasteiger partial charge >= 0.3 is 101 Å². The number of hydrogen-bond donors (Lipinski definition) is 27. The zero-order valence-electron chi connectivity index (χ0n) is 76.1. The second-order valence-electron chi connectivity index (χ2n) is 31.7. The number of carboxylic acids is 3. The van der Waals surface area contributed by atoms with Gasteiger partial charge in [-0.1, -0.05) is 0 Å². The first-order valence-corrected chi connectivity index (χ1v) is 53.4. The maximum absolute atomic E-state index is 14.0. The summed E-state index contributed by atoms with van der Waals surface area (Å²) in [5.41, 5.74) is 4.95. The van der Waals surface area contributed by atoms with Gasteiger partial charge in [0.1, 0.15) is 134 Å². The van der Waals surface area contributed by atoms with Gasteiger partial charge in [-0.3, -0.25) is 60.4 Å². The van der Waals surface area contributed by atoms with E-state index in [9.17, 15) is 189 Å². The molecule has 856 valence electrons. The number of methoxy groups -OCH3 is 2. The molecular formula is C64H108N6O67S10. The van der Waals surface area contributed by atoms with Crippen molar-refractivity contribution in [2.75, 3.05) is 65.2 Å².